The van der Waals surface area contributed by atoms with Crippen LogP contribution in [-0.2, 0) is 14.8 Å². The fraction of sp³-hybridized carbons (Fsp3) is 0.240. The molecule has 1 saturated heterocycles. The quantitative estimate of drug-likeness (QED) is 0.518. The van der Waals surface area contributed by atoms with Crippen molar-refractivity contribution in [2.45, 2.75) is 11.8 Å². The number of hydrogen-bond donors (Lipinski definition) is 1. The molecule has 9 heteroatoms. The zero-order valence-corrected chi connectivity index (χ0v) is 19.6. The van der Waals surface area contributed by atoms with E-state index in [0.29, 0.717) is 42.6 Å². The average molecular weight is 483 g/mol. The highest BCUT2D eigenvalue weighted by Crippen LogP contribution is 2.31. The number of para-hydroxylation sites is 1. The number of nitrogens with zero attached hydrogens (tertiary/aromatic N) is 1. The third-order valence-corrected chi connectivity index (χ3v) is 7.08. The molecule has 4 rings (SSSR count). The van der Waals surface area contributed by atoms with E-state index >= 15 is 0 Å². The van der Waals surface area contributed by atoms with E-state index in [1.54, 1.807) is 43.3 Å². The molecule has 0 saturated carbocycles. The Bertz CT molecular complexity index is 1240. The molecule has 1 aliphatic rings. The van der Waals surface area contributed by atoms with Crippen molar-refractivity contribution in [2.75, 3.05) is 38.2 Å². The van der Waals surface area contributed by atoms with Crippen LogP contribution < -0.4 is 14.8 Å². The SMILES string of the molecule is CCOc1ccc(NC(=O)c2cccc(Oc3ccccc3)c2)cc1S(=O)(=O)N1CCOCC1. The maximum absolute atomic E-state index is 13.3. The van der Waals surface area contributed by atoms with Gasteiger partial charge >= 0.3 is 0 Å². The molecule has 0 atom stereocenters. The lowest BCUT2D eigenvalue weighted by Crippen LogP contribution is -2.40. The summed E-state index contributed by atoms with van der Waals surface area (Å²) in [5, 5.41) is 2.78. The van der Waals surface area contributed by atoms with Gasteiger partial charge in [-0.1, -0.05) is 24.3 Å². The fourth-order valence-corrected chi connectivity index (χ4v) is 5.08. The van der Waals surface area contributed by atoms with Crippen molar-refractivity contribution in [3.63, 3.8) is 0 Å². The molecule has 1 N–H and O–H groups in total. The first kappa shape index (κ1) is 23.7. The number of benzene rings is 3. The number of carbonyl (C=O) groups excluding carboxylic acids is 1. The lowest BCUT2D eigenvalue weighted by molar-refractivity contribution is 0.0729. The molecule has 1 aliphatic heterocycles. The van der Waals surface area contributed by atoms with Crippen LogP contribution in [0.4, 0.5) is 5.69 Å². The van der Waals surface area contributed by atoms with Crippen molar-refractivity contribution in [1.82, 2.24) is 4.31 Å². The molecule has 0 radical (unpaired) electrons. The summed E-state index contributed by atoms with van der Waals surface area (Å²) < 4.78 is 44.5. The van der Waals surface area contributed by atoms with Crippen LogP contribution in [0.3, 0.4) is 0 Å². The van der Waals surface area contributed by atoms with E-state index < -0.39 is 15.9 Å². The number of ether oxygens (including phenoxy) is 3. The van der Waals surface area contributed by atoms with E-state index in [1.807, 2.05) is 30.3 Å². The van der Waals surface area contributed by atoms with Gasteiger partial charge in [-0.25, -0.2) is 8.42 Å². The molecule has 8 nitrogen and oxygen atoms in total. The number of rotatable bonds is 8. The summed E-state index contributed by atoms with van der Waals surface area (Å²) in [6, 6.07) is 20.6. The monoisotopic (exact) mass is 482 g/mol. The second kappa shape index (κ2) is 10.7. The Morgan fingerprint density at radius 1 is 0.971 bits per heavy atom. The molecular formula is C25H26N2O6S. The van der Waals surface area contributed by atoms with Crippen molar-refractivity contribution in [1.29, 1.82) is 0 Å². The Morgan fingerprint density at radius 3 is 2.44 bits per heavy atom. The highest BCUT2D eigenvalue weighted by Gasteiger charge is 2.30. The number of carbonyl (C=O) groups is 1. The number of nitrogens with one attached hydrogen (secondary N) is 1. The molecule has 0 aliphatic carbocycles. The van der Waals surface area contributed by atoms with Crippen molar-refractivity contribution in [3.8, 4) is 17.2 Å². The van der Waals surface area contributed by atoms with Crippen molar-refractivity contribution in [3.05, 3.63) is 78.4 Å². The fourth-order valence-electron chi connectivity index (χ4n) is 3.52. The molecule has 178 valence electrons. The minimum atomic E-state index is -3.82. The van der Waals surface area contributed by atoms with Crippen molar-refractivity contribution in [2.24, 2.45) is 0 Å². The van der Waals surface area contributed by atoms with Crippen LogP contribution in [0.5, 0.6) is 17.2 Å². The Balaban J connectivity index is 1.56. The van der Waals surface area contributed by atoms with Crippen LogP contribution in [0.15, 0.2) is 77.7 Å². The molecule has 0 unspecified atom stereocenters. The van der Waals surface area contributed by atoms with Gasteiger partial charge in [-0.2, -0.15) is 4.31 Å². The zero-order valence-electron chi connectivity index (χ0n) is 18.8. The first-order valence-corrected chi connectivity index (χ1v) is 12.4. The van der Waals surface area contributed by atoms with Gasteiger partial charge in [-0.15, -0.1) is 0 Å². The van der Waals surface area contributed by atoms with E-state index in [2.05, 4.69) is 5.32 Å². The first-order chi connectivity index (χ1) is 16.5. The minimum Gasteiger partial charge on any atom is -0.492 e. The Labute approximate surface area is 199 Å². The van der Waals surface area contributed by atoms with Gasteiger partial charge in [0.1, 0.15) is 22.1 Å². The van der Waals surface area contributed by atoms with E-state index in [9.17, 15) is 13.2 Å². The maximum Gasteiger partial charge on any atom is 0.255 e. The van der Waals surface area contributed by atoms with Gasteiger partial charge in [0.25, 0.3) is 5.91 Å². The largest absolute Gasteiger partial charge is 0.492 e. The highest BCUT2D eigenvalue weighted by atomic mass is 32.2. The summed E-state index contributed by atoms with van der Waals surface area (Å²) in [5.74, 6) is 1.02. The Kier molecular flexibility index (Phi) is 7.46. The van der Waals surface area contributed by atoms with Crippen LogP contribution >= 0.6 is 0 Å². The highest BCUT2D eigenvalue weighted by molar-refractivity contribution is 7.89. The number of sulfonamides is 1. The molecular weight excluding hydrogens is 456 g/mol. The van der Waals surface area contributed by atoms with E-state index in [-0.39, 0.29) is 23.7 Å². The standard InChI is InChI=1S/C25H26N2O6S/c1-2-32-23-12-11-20(18-24(23)34(29,30)27-13-15-31-16-14-27)26-25(28)19-7-6-10-22(17-19)33-21-8-4-3-5-9-21/h3-12,17-18H,2,13-16H2,1H3,(H,26,28). The normalized spacial score (nSPS) is 14.4. The van der Waals surface area contributed by atoms with Crippen LogP contribution in [0.25, 0.3) is 0 Å². The molecule has 1 heterocycles. The zero-order chi connectivity index (χ0) is 24.0. The number of morpholine rings is 1. The van der Waals surface area contributed by atoms with Gasteiger partial charge in [-0.3, -0.25) is 4.79 Å². The summed E-state index contributed by atoms with van der Waals surface area (Å²) in [5.41, 5.74) is 0.717. The molecule has 1 amide bonds. The number of hydrogen-bond acceptors (Lipinski definition) is 6. The van der Waals surface area contributed by atoms with Crippen molar-refractivity contribution < 1.29 is 27.4 Å². The minimum absolute atomic E-state index is 0.00946. The molecule has 3 aromatic carbocycles. The lowest BCUT2D eigenvalue weighted by Gasteiger charge is -2.27. The van der Waals surface area contributed by atoms with E-state index in [4.69, 9.17) is 14.2 Å². The van der Waals surface area contributed by atoms with Gasteiger partial charge in [0.15, 0.2) is 0 Å². The van der Waals surface area contributed by atoms with Crippen LogP contribution in [0.1, 0.15) is 17.3 Å². The van der Waals surface area contributed by atoms with Crippen LogP contribution in [0.2, 0.25) is 0 Å². The molecule has 0 spiro atoms. The molecule has 1 fully saturated rings. The van der Waals surface area contributed by atoms with Crippen LogP contribution in [0, 0.1) is 0 Å². The van der Waals surface area contributed by atoms with E-state index in [1.165, 1.54) is 10.4 Å². The molecule has 0 bridgehead atoms. The van der Waals surface area contributed by atoms with E-state index in [0.717, 1.165) is 0 Å². The summed E-state index contributed by atoms with van der Waals surface area (Å²) >= 11 is 0. The van der Waals surface area contributed by atoms with Gasteiger partial charge < -0.3 is 19.5 Å². The topological polar surface area (TPSA) is 94.2 Å². The summed E-state index contributed by atoms with van der Waals surface area (Å²) in [4.78, 5) is 12.9. The van der Waals surface area contributed by atoms with Gasteiger partial charge in [0, 0.05) is 24.3 Å². The lowest BCUT2D eigenvalue weighted by atomic mass is 10.2. The predicted molar refractivity (Wildman–Crippen MR) is 128 cm³/mol. The number of amides is 1. The summed E-state index contributed by atoms with van der Waals surface area (Å²) in [6.07, 6.45) is 0. The molecule has 34 heavy (non-hydrogen) atoms. The van der Waals surface area contributed by atoms with Gasteiger partial charge in [0.05, 0.1) is 19.8 Å². The van der Waals surface area contributed by atoms with Gasteiger partial charge in [-0.05, 0) is 55.5 Å². The maximum atomic E-state index is 13.3. The van der Waals surface area contributed by atoms with Gasteiger partial charge in [0.2, 0.25) is 10.0 Å². The van der Waals surface area contributed by atoms with Crippen molar-refractivity contribution >= 4 is 21.6 Å². The third kappa shape index (κ3) is 5.56. The first-order valence-electron chi connectivity index (χ1n) is 11.0. The second-order valence-corrected chi connectivity index (χ2v) is 9.41. The predicted octanol–water partition coefficient (Wildman–Crippen LogP) is 4.15. The number of anilines is 1. The molecule has 0 aromatic heterocycles. The average Bonchev–Trinajstić information content (AvgIpc) is 2.86. The summed E-state index contributed by atoms with van der Waals surface area (Å²) in [7, 11) is -3.82. The van der Waals surface area contributed by atoms with Crippen LogP contribution in [-0.4, -0.2) is 51.5 Å². The summed E-state index contributed by atoms with van der Waals surface area (Å²) in [6.45, 7) is 3.29. The Hall–Kier alpha value is -3.40. The smallest absolute Gasteiger partial charge is 0.255 e. The third-order valence-electron chi connectivity index (χ3n) is 5.16. The second-order valence-electron chi connectivity index (χ2n) is 7.51. The Morgan fingerprint density at radius 2 is 1.71 bits per heavy atom. The molecule has 3 aromatic rings.